The number of aliphatic hydroxyl groups excluding tert-OH is 1. The van der Waals surface area contributed by atoms with E-state index in [1.807, 2.05) is 12.1 Å². The molecule has 2 N–H and O–H groups in total. The molecule has 1 atom stereocenters. The van der Waals surface area contributed by atoms with E-state index in [-0.39, 0.29) is 6.23 Å². The summed E-state index contributed by atoms with van der Waals surface area (Å²) in [6, 6.07) is 6.17. The van der Waals surface area contributed by atoms with Crippen molar-refractivity contribution in [1.82, 2.24) is 0 Å². The Morgan fingerprint density at radius 1 is 1.55 bits per heavy atom. The van der Waals surface area contributed by atoms with E-state index in [4.69, 9.17) is 0 Å². The van der Waals surface area contributed by atoms with Crippen LogP contribution in [0.15, 0.2) is 18.2 Å². The molecular weight excluding hydrogens is 138 g/mol. The monoisotopic (exact) mass is 149 g/mol. The molecule has 0 bridgehead atoms. The van der Waals surface area contributed by atoms with Crippen molar-refractivity contribution in [3.05, 3.63) is 29.3 Å². The average molecular weight is 149 g/mol. The molecule has 58 valence electrons. The van der Waals surface area contributed by atoms with Gasteiger partial charge in [0.15, 0.2) is 0 Å². The first-order chi connectivity index (χ1) is 5.25. The third-order valence-corrected chi connectivity index (χ3v) is 2.00. The molecule has 0 fully saturated rings. The molecule has 0 aliphatic carbocycles. The summed E-state index contributed by atoms with van der Waals surface area (Å²) in [7, 11) is 0. The van der Waals surface area contributed by atoms with E-state index >= 15 is 0 Å². The quantitative estimate of drug-likeness (QED) is 0.582. The lowest BCUT2D eigenvalue weighted by Gasteiger charge is -2.00. The van der Waals surface area contributed by atoms with Gasteiger partial charge in [-0.15, -0.1) is 0 Å². The molecule has 1 aliphatic rings. The lowest BCUT2D eigenvalue weighted by molar-refractivity contribution is 0.212. The Kier molecular flexibility index (Phi) is 1.36. The Bertz CT molecular complexity index is 283. The lowest BCUT2D eigenvalue weighted by atomic mass is 10.1. The fraction of sp³-hybridized carbons (Fsp3) is 0.333. The number of aryl methyl sites for hydroxylation is 1. The third-order valence-electron chi connectivity index (χ3n) is 2.00. The predicted molar refractivity (Wildman–Crippen MR) is 44.5 cm³/mol. The van der Waals surface area contributed by atoms with Gasteiger partial charge in [0, 0.05) is 12.1 Å². The number of hydrogen-bond donors (Lipinski definition) is 2. The number of benzene rings is 1. The number of rotatable bonds is 0. The molecule has 1 aromatic carbocycles. The fourth-order valence-electron chi connectivity index (χ4n) is 1.47. The van der Waals surface area contributed by atoms with Gasteiger partial charge in [0.05, 0.1) is 0 Å². The van der Waals surface area contributed by atoms with Gasteiger partial charge in [-0.3, -0.25) is 0 Å². The Balaban J connectivity index is 2.43. The highest BCUT2D eigenvalue weighted by Gasteiger charge is 2.16. The molecular formula is C9H11NO. The van der Waals surface area contributed by atoms with Gasteiger partial charge in [-0.25, -0.2) is 0 Å². The van der Waals surface area contributed by atoms with Crippen LogP contribution in [0.1, 0.15) is 11.1 Å². The van der Waals surface area contributed by atoms with E-state index in [0.717, 1.165) is 12.1 Å². The van der Waals surface area contributed by atoms with E-state index in [1.54, 1.807) is 0 Å². The SMILES string of the molecule is Cc1ccc2c(c1)CC(O)N2. The molecule has 0 saturated carbocycles. The number of nitrogens with one attached hydrogen (secondary N) is 1. The second-order valence-corrected chi connectivity index (χ2v) is 3.02. The minimum absolute atomic E-state index is 0.383. The molecule has 0 aromatic heterocycles. The summed E-state index contributed by atoms with van der Waals surface area (Å²) in [6.07, 6.45) is 0.351. The highest BCUT2D eigenvalue weighted by atomic mass is 16.3. The first kappa shape index (κ1) is 6.68. The van der Waals surface area contributed by atoms with Crippen molar-refractivity contribution in [2.45, 2.75) is 19.6 Å². The van der Waals surface area contributed by atoms with Crippen molar-refractivity contribution in [2.75, 3.05) is 5.32 Å². The molecule has 0 saturated heterocycles. The van der Waals surface area contributed by atoms with Crippen LogP contribution in [0.3, 0.4) is 0 Å². The van der Waals surface area contributed by atoms with Gasteiger partial charge in [-0.05, 0) is 18.6 Å². The van der Waals surface area contributed by atoms with Gasteiger partial charge in [-0.1, -0.05) is 17.7 Å². The molecule has 0 spiro atoms. The van der Waals surface area contributed by atoms with Gasteiger partial charge < -0.3 is 10.4 Å². The van der Waals surface area contributed by atoms with Gasteiger partial charge in [0.1, 0.15) is 6.23 Å². The Morgan fingerprint density at radius 3 is 3.18 bits per heavy atom. The zero-order valence-corrected chi connectivity index (χ0v) is 6.46. The normalized spacial score (nSPS) is 21.1. The summed E-state index contributed by atoms with van der Waals surface area (Å²) in [5, 5.41) is 12.2. The fourth-order valence-corrected chi connectivity index (χ4v) is 1.47. The zero-order chi connectivity index (χ0) is 7.84. The van der Waals surface area contributed by atoms with Crippen LogP contribution in [-0.2, 0) is 6.42 Å². The van der Waals surface area contributed by atoms with E-state index in [9.17, 15) is 5.11 Å². The van der Waals surface area contributed by atoms with Gasteiger partial charge in [0.2, 0.25) is 0 Å². The molecule has 2 nitrogen and oxygen atoms in total. The standard InChI is InChI=1S/C9H11NO/c1-6-2-3-8-7(4-6)5-9(11)10-8/h2-4,9-11H,5H2,1H3. The van der Waals surface area contributed by atoms with E-state index in [0.29, 0.717) is 0 Å². The largest absolute Gasteiger partial charge is 0.373 e. The molecule has 11 heavy (non-hydrogen) atoms. The summed E-state index contributed by atoms with van der Waals surface area (Å²) in [5.41, 5.74) is 3.54. The molecule has 0 amide bonds. The van der Waals surface area contributed by atoms with Crippen molar-refractivity contribution in [3.8, 4) is 0 Å². The molecule has 2 heteroatoms. The van der Waals surface area contributed by atoms with Crippen LogP contribution in [0.2, 0.25) is 0 Å². The summed E-state index contributed by atoms with van der Waals surface area (Å²) < 4.78 is 0. The predicted octanol–water partition coefficient (Wildman–Crippen LogP) is 1.28. The number of hydrogen-bond acceptors (Lipinski definition) is 2. The smallest absolute Gasteiger partial charge is 0.128 e. The molecule has 1 heterocycles. The molecule has 1 unspecified atom stereocenters. The highest BCUT2D eigenvalue weighted by molar-refractivity contribution is 5.57. The summed E-state index contributed by atoms with van der Waals surface area (Å²) >= 11 is 0. The second kappa shape index (κ2) is 2.24. The van der Waals surface area contributed by atoms with Crippen LogP contribution in [0.25, 0.3) is 0 Å². The summed E-state index contributed by atoms with van der Waals surface area (Å²) in [6.45, 7) is 2.06. The lowest BCUT2D eigenvalue weighted by Crippen LogP contribution is -2.12. The molecule has 0 radical (unpaired) electrons. The third kappa shape index (κ3) is 1.10. The maximum Gasteiger partial charge on any atom is 0.128 e. The highest BCUT2D eigenvalue weighted by Crippen LogP contribution is 2.25. The first-order valence-corrected chi connectivity index (χ1v) is 3.80. The Labute approximate surface area is 65.9 Å². The molecule has 1 aromatic rings. The molecule has 1 aliphatic heterocycles. The van der Waals surface area contributed by atoms with Crippen LogP contribution in [0.4, 0.5) is 5.69 Å². The van der Waals surface area contributed by atoms with Crippen LogP contribution in [0.5, 0.6) is 0 Å². The van der Waals surface area contributed by atoms with Gasteiger partial charge >= 0.3 is 0 Å². The van der Waals surface area contributed by atoms with Crippen LogP contribution in [-0.4, -0.2) is 11.3 Å². The van der Waals surface area contributed by atoms with Crippen LogP contribution < -0.4 is 5.32 Å². The van der Waals surface area contributed by atoms with E-state index in [2.05, 4.69) is 18.3 Å². The van der Waals surface area contributed by atoms with Gasteiger partial charge in [0.25, 0.3) is 0 Å². The van der Waals surface area contributed by atoms with Crippen molar-refractivity contribution in [1.29, 1.82) is 0 Å². The van der Waals surface area contributed by atoms with Crippen LogP contribution >= 0.6 is 0 Å². The van der Waals surface area contributed by atoms with E-state index in [1.165, 1.54) is 11.1 Å². The maximum atomic E-state index is 9.23. The second-order valence-electron chi connectivity index (χ2n) is 3.02. The maximum absolute atomic E-state index is 9.23. The van der Waals surface area contributed by atoms with E-state index < -0.39 is 0 Å². The van der Waals surface area contributed by atoms with Crippen molar-refractivity contribution in [2.24, 2.45) is 0 Å². The summed E-state index contributed by atoms with van der Waals surface area (Å²) in [4.78, 5) is 0. The molecule has 2 rings (SSSR count). The average Bonchev–Trinajstić information content (AvgIpc) is 2.27. The van der Waals surface area contributed by atoms with Crippen molar-refractivity contribution >= 4 is 5.69 Å². The minimum Gasteiger partial charge on any atom is -0.373 e. The van der Waals surface area contributed by atoms with Crippen LogP contribution in [0, 0.1) is 6.92 Å². The summed E-state index contributed by atoms with van der Waals surface area (Å²) in [5.74, 6) is 0. The van der Waals surface area contributed by atoms with Gasteiger partial charge in [-0.2, -0.15) is 0 Å². The topological polar surface area (TPSA) is 32.3 Å². The van der Waals surface area contributed by atoms with Crippen molar-refractivity contribution < 1.29 is 5.11 Å². The number of aliphatic hydroxyl groups is 1. The van der Waals surface area contributed by atoms with Crippen molar-refractivity contribution in [3.63, 3.8) is 0 Å². The first-order valence-electron chi connectivity index (χ1n) is 3.80. The minimum atomic E-state index is -0.383. The Morgan fingerprint density at radius 2 is 2.36 bits per heavy atom. The number of anilines is 1. The number of fused-ring (bicyclic) bond motifs is 1. The zero-order valence-electron chi connectivity index (χ0n) is 6.46. The Hall–Kier alpha value is -1.02.